The fourth-order valence-corrected chi connectivity index (χ4v) is 7.39. The first-order valence-corrected chi connectivity index (χ1v) is 14.9. The lowest BCUT2D eigenvalue weighted by Crippen LogP contribution is -2.52. The van der Waals surface area contributed by atoms with Crippen LogP contribution in [0.4, 0.5) is 34.1 Å². The molecule has 6 rings (SSSR count). The highest BCUT2D eigenvalue weighted by Crippen LogP contribution is 2.33. The third-order valence-corrected chi connectivity index (χ3v) is 10.6. The van der Waals surface area contributed by atoms with Gasteiger partial charge in [0.2, 0.25) is 11.4 Å². The summed E-state index contributed by atoms with van der Waals surface area (Å²) in [6, 6.07) is 41.8. The maximum absolute atomic E-state index is 3.48. The Morgan fingerprint density at radius 1 is 0.514 bits per heavy atom. The zero-order valence-electron chi connectivity index (χ0n) is 20.5. The van der Waals surface area contributed by atoms with Crippen LogP contribution in [0, 0.1) is 0 Å². The molecular formula is C30H28N4Si+4. The van der Waals surface area contributed by atoms with E-state index < -0.39 is 8.07 Å². The highest BCUT2D eigenvalue weighted by Gasteiger charge is 2.36. The Morgan fingerprint density at radius 2 is 0.914 bits per heavy atom. The molecule has 0 atom stereocenters. The molecule has 5 heteroatoms. The van der Waals surface area contributed by atoms with Crippen LogP contribution < -0.4 is 19.5 Å². The van der Waals surface area contributed by atoms with Gasteiger partial charge in [-0.2, -0.15) is 0 Å². The van der Waals surface area contributed by atoms with Crippen LogP contribution in [-0.2, 0) is 0 Å². The first-order chi connectivity index (χ1) is 16.9. The normalized spacial score (nSPS) is 14.1. The minimum Gasteiger partial charge on any atom is -0.0894 e. The van der Waals surface area contributed by atoms with Crippen LogP contribution in [0.1, 0.15) is 0 Å². The van der Waals surface area contributed by atoms with Crippen LogP contribution in [0.5, 0.6) is 0 Å². The third kappa shape index (κ3) is 3.46. The van der Waals surface area contributed by atoms with Gasteiger partial charge in [-0.3, -0.25) is 0 Å². The van der Waals surface area contributed by atoms with Crippen molar-refractivity contribution in [1.82, 2.24) is 9.15 Å². The number of hydrogen-bond donors (Lipinski definition) is 0. The van der Waals surface area contributed by atoms with Gasteiger partial charge in [-0.1, -0.05) is 70.8 Å². The number of fused-ring (bicyclic) bond motifs is 2. The van der Waals surface area contributed by atoms with Gasteiger partial charge in [0.15, 0.2) is 14.1 Å². The van der Waals surface area contributed by atoms with Gasteiger partial charge in [-0.25, -0.2) is 0 Å². The molecule has 0 aromatic heterocycles. The molecule has 0 radical (unpaired) electrons. The summed E-state index contributed by atoms with van der Waals surface area (Å²) in [5.74, 6) is 0. The fourth-order valence-electron chi connectivity index (χ4n) is 5.02. The summed E-state index contributed by atoms with van der Waals surface area (Å²) < 4.78 is 8.46. The van der Waals surface area contributed by atoms with E-state index in [1.54, 1.807) is 0 Å². The SMILES string of the molecule is C[N+]1=C=[N+](c2cccc([Si](C)(C)c3cccc([N+]4=C=[N+](C)c5ccccc54)c3)c2)c2ccccc21. The molecule has 2 aliphatic heterocycles. The van der Waals surface area contributed by atoms with Gasteiger partial charge in [-0.05, 0) is 19.5 Å². The van der Waals surface area contributed by atoms with Crippen LogP contribution in [0.15, 0.2) is 97.1 Å². The van der Waals surface area contributed by atoms with Crippen LogP contribution in [0.3, 0.4) is 0 Å². The van der Waals surface area contributed by atoms with Crippen LogP contribution in [0.25, 0.3) is 0 Å². The Balaban J connectivity index is 1.40. The second kappa shape index (κ2) is 7.97. The zero-order valence-corrected chi connectivity index (χ0v) is 21.5. The predicted molar refractivity (Wildman–Crippen MR) is 147 cm³/mol. The number of para-hydroxylation sites is 4. The second-order valence-electron chi connectivity index (χ2n) is 9.69. The quantitative estimate of drug-likeness (QED) is 0.289. The largest absolute Gasteiger partial charge is 0.496 e. The fraction of sp³-hybridized carbons (Fsp3) is 0.133. The van der Waals surface area contributed by atoms with Crippen molar-refractivity contribution in [3.05, 3.63) is 97.1 Å². The molecule has 0 fully saturated rings. The van der Waals surface area contributed by atoms with Crippen molar-refractivity contribution in [1.29, 1.82) is 0 Å². The number of hydrogen-bond acceptors (Lipinski definition) is 0. The van der Waals surface area contributed by atoms with Crippen molar-refractivity contribution in [3.8, 4) is 0 Å². The van der Waals surface area contributed by atoms with Gasteiger partial charge in [0.1, 0.15) is 8.07 Å². The van der Waals surface area contributed by atoms with Crippen LogP contribution in [-0.4, -0.2) is 43.3 Å². The molecular weight excluding hydrogens is 444 g/mol. The molecule has 0 bridgehead atoms. The molecule has 168 valence electrons. The minimum atomic E-state index is -1.97. The third-order valence-electron chi connectivity index (χ3n) is 7.12. The van der Waals surface area contributed by atoms with E-state index >= 15 is 0 Å². The minimum absolute atomic E-state index is 1.15. The lowest BCUT2D eigenvalue weighted by Gasteiger charge is -2.23. The van der Waals surface area contributed by atoms with Crippen LogP contribution >= 0.6 is 0 Å². The topological polar surface area (TPSA) is 12.0 Å². The molecule has 0 N–H and O–H groups in total. The highest BCUT2D eigenvalue weighted by molar-refractivity contribution is 7.00. The van der Waals surface area contributed by atoms with E-state index in [4.69, 9.17) is 0 Å². The molecule has 2 aliphatic rings. The van der Waals surface area contributed by atoms with Crippen LogP contribution in [0.2, 0.25) is 13.1 Å². The summed E-state index contributed by atoms with van der Waals surface area (Å²) >= 11 is 0. The molecule has 0 saturated heterocycles. The lowest BCUT2D eigenvalue weighted by atomic mass is 10.2. The molecule has 4 aromatic carbocycles. The van der Waals surface area contributed by atoms with Crippen molar-refractivity contribution in [2.24, 2.45) is 0 Å². The average molecular weight is 473 g/mol. The summed E-state index contributed by atoms with van der Waals surface area (Å²) in [5, 5.41) is 2.79. The molecule has 2 heterocycles. The number of nitrogens with zero attached hydrogens (tertiary/aromatic N) is 4. The number of rotatable bonds is 4. The van der Waals surface area contributed by atoms with E-state index in [1.807, 2.05) is 0 Å². The van der Waals surface area contributed by atoms with E-state index in [2.05, 4.69) is 155 Å². The molecule has 0 amide bonds. The Labute approximate surface area is 207 Å². The van der Waals surface area contributed by atoms with E-state index in [0.717, 1.165) is 22.7 Å². The van der Waals surface area contributed by atoms with Crippen molar-refractivity contribution < 1.29 is 9.15 Å². The average Bonchev–Trinajstić information content (AvgIpc) is 3.41. The molecule has 0 saturated carbocycles. The number of benzene rings is 4. The Morgan fingerprint density at radius 3 is 1.34 bits per heavy atom. The van der Waals surface area contributed by atoms with E-state index in [9.17, 15) is 0 Å². The first-order valence-electron chi connectivity index (χ1n) is 11.9. The molecule has 0 aliphatic carbocycles. The standard InChI is InChI=1S/C30H28N4Si/c1-31-21-33(29-17-7-5-15-27(29)31)23-11-9-13-25(19-23)35(3,4)26-14-10-12-24(20-26)34-22-32(2)28-16-6-8-18-30(28)34/h5-20H,1-4H3/q+4. The smallest absolute Gasteiger partial charge is 0.0894 e. The van der Waals surface area contributed by atoms with Gasteiger partial charge in [0.05, 0.1) is 0 Å². The molecule has 35 heavy (non-hydrogen) atoms. The van der Waals surface area contributed by atoms with Gasteiger partial charge >= 0.3 is 12.0 Å². The summed E-state index contributed by atoms with van der Waals surface area (Å²) in [5.41, 5.74) is 6.96. The summed E-state index contributed by atoms with van der Waals surface area (Å²) in [7, 11) is 2.13. The van der Waals surface area contributed by atoms with Crippen molar-refractivity contribution >= 4 is 64.6 Å². The summed E-state index contributed by atoms with van der Waals surface area (Å²) in [6.45, 7) is 4.86. The maximum atomic E-state index is 3.48. The summed E-state index contributed by atoms with van der Waals surface area (Å²) in [4.78, 5) is 0. The monoisotopic (exact) mass is 472 g/mol. The molecule has 4 nitrogen and oxygen atoms in total. The first kappa shape index (κ1) is 21.4. The Bertz CT molecular complexity index is 1540. The van der Waals surface area contributed by atoms with Crippen molar-refractivity contribution in [2.45, 2.75) is 13.1 Å². The molecule has 4 aromatic rings. The maximum Gasteiger partial charge on any atom is 0.496 e. The van der Waals surface area contributed by atoms with Crippen molar-refractivity contribution in [2.75, 3.05) is 14.1 Å². The van der Waals surface area contributed by atoms with Gasteiger partial charge in [0.25, 0.3) is 22.7 Å². The van der Waals surface area contributed by atoms with Crippen molar-refractivity contribution in [3.63, 3.8) is 0 Å². The predicted octanol–water partition coefficient (Wildman–Crippen LogP) is 5.10. The van der Waals surface area contributed by atoms with Gasteiger partial charge in [-0.15, -0.1) is 0 Å². The second-order valence-corrected chi connectivity index (χ2v) is 14.1. The van der Waals surface area contributed by atoms with E-state index in [1.165, 1.54) is 21.7 Å². The van der Waals surface area contributed by atoms with E-state index in [-0.39, 0.29) is 0 Å². The molecule has 0 spiro atoms. The Hall–Kier alpha value is -4.14. The summed E-state index contributed by atoms with van der Waals surface area (Å²) in [6.07, 6.45) is 0. The highest BCUT2D eigenvalue weighted by atomic mass is 28.3. The zero-order chi connectivity index (χ0) is 24.2. The van der Waals surface area contributed by atoms with E-state index in [0.29, 0.717) is 0 Å². The molecule has 0 unspecified atom stereocenters. The Kier molecular flexibility index (Phi) is 4.87. The van der Waals surface area contributed by atoms with Gasteiger partial charge in [0, 0.05) is 48.5 Å². The lowest BCUT2D eigenvalue weighted by molar-refractivity contribution is -0.394. The van der Waals surface area contributed by atoms with Gasteiger partial charge < -0.3 is 0 Å².